The predicted octanol–water partition coefficient (Wildman–Crippen LogP) is 3.90. The number of aldehydes is 1. The molecule has 0 aliphatic carbocycles. The van der Waals surface area contributed by atoms with Crippen LogP contribution in [0.15, 0.2) is 24.3 Å². The van der Waals surface area contributed by atoms with Crippen molar-refractivity contribution in [1.29, 1.82) is 0 Å². The number of amides is 1. The fraction of sp³-hybridized carbons (Fsp3) is 0.579. The van der Waals surface area contributed by atoms with Crippen LogP contribution in [0.25, 0.3) is 0 Å². The maximum absolute atomic E-state index is 12.5. The summed E-state index contributed by atoms with van der Waals surface area (Å²) in [6.45, 7) is 11.0. The number of likely N-dealkylation sites (tertiary alicyclic amines) is 1. The quantitative estimate of drug-likeness (QED) is 0.306. The number of rotatable bonds is 6. The van der Waals surface area contributed by atoms with E-state index < -0.39 is 25.4 Å². The number of nitro groups is 1. The van der Waals surface area contributed by atoms with Crippen LogP contribution in [0.4, 0.5) is 10.5 Å². The summed E-state index contributed by atoms with van der Waals surface area (Å²) >= 11 is 0. The van der Waals surface area contributed by atoms with Crippen LogP contribution in [0.5, 0.6) is 0 Å². The molecule has 0 aromatic heterocycles. The molecule has 1 heterocycles. The minimum absolute atomic E-state index is 0.0212. The van der Waals surface area contributed by atoms with Crippen LogP contribution < -0.4 is 0 Å². The Kier molecular flexibility index (Phi) is 6.61. The second kappa shape index (κ2) is 8.40. The van der Waals surface area contributed by atoms with Crippen LogP contribution in [0.2, 0.25) is 18.1 Å². The summed E-state index contributed by atoms with van der Waals surface area (Å²) in [4.78, 5) is 35.5. The fourth-order valence-electron chi connectivity index (χ4n) is 2.79. The van der Waals surface area contributed by atoms with Crippen molar-refractivity contribution in [2.75, 3.05) is 6.54 Å². The van der Waals surface area contributed by atoms with Gasteiger partial charge in [-0.2, -0.15) is 0 Å². The Hall–Kier alpha value is -2.26. The standard InChI is InChI=1S/C19H28N2O6Si/c1-19(2,3)28(4,5)27-17-10-16(12-22)20(11-17)18(23)26-13-14-6-8-15(9-7-14)21(24)25/h6-9,12,16-17H,10-11,13H2,1-5H3. The van der Waals surface area contributed by atoms with Gasteiger partial charge in [0.15, 0.2) is 8.32 Å². The lowest BCUT2D eigenvalue weighted by Crippen LogP contribution is -2.44. The molecule has 28 heavy (non-hydrogen) atoms. The van der Waals surface area contributed by atoms with E-state index in [1.165, 1.54) is 29.2 Å². The smallest absolute Gasteiger partial charge is 0.410 e. The lowest BCUT2D eigenvalue weighted by atomic mass is 10.2. The van der Waals surface area contributed by atoms with Gasteiger partial charge in [0, 0.05) is 25.1 Å². The van der Waals surface area contributed by atoms with Gasteiger partial charge in [0.05, 0.1) is 17.1 Å². The van der Waals surface area contributed by atoms with E-state index in [4.69, 9.17) is 9.16 Å². The zero-order valence-corrected chi connectivity index (χ0v) is 18.0. The molecule has 1 aromatic carbocycles. The first-order valence-corrected chi connectivity index (χ1v) is 12.2. The van der Waals surface area contributed by atoms with Gasteiger partial charge in [-0.25, -0.2) is 4.79 Å². The first-order chi connectivity index (χ1) is 12.9. The first kappa shape index (κ1) is 22.0. The SMILES string of the molecule is CC(C)(C)[Si](C)(C)OC1CC(C=O)N(C(=O)OCc2ccc([N+](=O)[O-])cc2)C1. The summed E-state index contributed by atoms with van der Waals surface area (Å²) in [5.74, 6) is 0. The second-order valence-corrected chi connectivity index (χ2v) is 13.3. The molecule has 1 saturated heterocycles. The number of ether oxygens (including phenoxy) is 1. The lowest BCUT2D eigenvalue weighted by molar-refractivity contribution is -0.384. The van der Waals surface area contributed by atoms with Gasteiger partial charge in [-0.05, 0) is 35.8 Å². The predicted molar refractivity (Wildman–Crippen MR) is 107 cm³/mol. The van der Waals surface area contributed by atoms with Crippen LogP contribution in [0.1, 0.15) is 32.8 Å². The van der Waals surface area contributed by atoms with E-state index in [0.29, 0.717) is 18.5 Å². The molecular formula is C19H28N2O6Si. The Morgan fingerprint density at radius 3 is 2.43 bits per heavy atom. The van der Waals surface area contributed by atoms with Gasteiger partial charge in [-0.3, -0.25) is 15.0 Å². The van der Waals surface area contributed by atoms with E-state index in [1.54, 1.807) is 0 Å². The van der Waals surface area contributed by atoms with E-state index in [9.17, 15) is 19.7 Å². The molecule has 0 N–H and O–H groups in total. The summed E-state index contributed by atoms with van der Waals surface area (Å²) < 4.78 is 11.6. The molecule has 8 nitrogen and oxygen atoms in total. The molecule has 0 radical (unpaired) electrons. The lowest BCUT2D eigenvalue weighted by Gasteiger charge is -2.38. The van der Waals surface area contributed by atoms with Gasteiger partial charge < -0.3 is 14.0 Å². The van der Waals surface area contributed by atoms with Gasteiger partial charge >= 0.3 is 6.09 Å². The normalized spacial score (nSPS) is 20.1. The van der Waals surface area contributed by atoms with E-state index in [2.05, 4.69) is 33.9 Å². The zero-order valence-electron chi connectivity index (χ0n) is 17.0. The van der Waals surface area contributed by atoms with Crippen molar-refractivity contribution in [2.45, 2.75) is 64.1 Å². The van der Waals surface area contributed by atoms with Gasteiger partial charge in [-0.15, -0.1) is 0 Å². The Labute approximate surface area is 166 Å². The number of hydrogen-bond acceptors (Lipinski definition) is 6. The van der Waals surface area contributed by atoms with Crippen molar-refractivity contribution in [1.82, 2.24) is 4.90 Å². The van der Waals surface area contributed by atoms with Gasteiger partial charge in [0.2, 0.25) is 0 Å². The van der Waals surface area contributed by atoms with Crippen LogP contribution in [0, 0.1) is 10.1 Å². The molecule has 2 rings (SSSR count). The van der Waals surface area contributed by atoms with Crippen molar-refractivity contribution >= 4 is 26.4 Å². The molecular weight excluding hydrogens is 380 g/mol. The van der Waals surface area contributed by atoms with Gasteiger partial charge in [0.25, 0.3) is 5.69 Å². The average molecular weight is 409 g/mol. The largest absolute Gasteiger partial charge is 0.445 e. The number of non-ortho nitro benzene ring substituents is 1. The van der Waals surface area contributed by atoms with Crippen molar-refractivity contribution in [3.05, 3.63) is 39.9 Å². The van der Waals surface area contributed by atoms with E-state index in [1.807, 2.05) is 0 Å². The summed E-state index contributed by atoms with van der Waals surface area (Å²) in [6, 6.07) is 5.22. The maximum atomic E-state index is 12.5. The Bertz CT molecular complexity index is 729. The highest BCUT2D eigenvalue weighted by atomic mass is 28.4. The molecule has 1 fully saturated rings. The average Bonchev–Trinajstić information content (AvgIpc) is 3.01. The molecule has 1 aliphatic rings. The first-order valence-electron chi connectivity index (χ1n) is 9.24. The van der Waals surface area contributed by atoms with Crippen LogP contribution in [-0.4, -0.2) is 49.2 Å². The molecule has 0 spiro atoms. The van der Waals surface area contributed by atoms with E-state index in [-0.39, 0.29) is 23.4 Å². The highest BCUT2D eigenvalue weighted by Gasteiger charge is 2.43. The van der Waals surface area contributed by atoms with E-state index in [0.717, 1.165) is 6.29 Å². The third kappa shape index (κ3) is 5.17. The second-order valence-electron chi connectivity index (χ2n) is 8.57. The van der Waals surface area contributed by atoms with Crippen molar-refractivity contribution in [3.63, 3.8) is 0 Å². The minimum Gasteiger partial charge on any atom is -0.445 e. The number of nitrogens with zero attached hydrogens (tertiary/aromatic N) is 2. The number of hydrogen-bond donors (Lipinski definition) is 0. The topological polar surface area (TPSA) is 99.0 Å². The van der Waals surface area contributed by atoms with Crippen molar-refractivity contribution in [2.24, 2.45) is 0 Å². The number of nitro benzene ring substituents is 1. The molecule has 9 heteroatoms. The van der Waals surface area contributed by atoms with Crippen LogP contribution in [-0.2, 0) is 20.6 Å². The molecule has 0 bridgehead atoms. The third-order valence-corrected chi connectivity index (χ3v) is 10.0. The molecule has 2 atom stereocenters. The zero-order chi connectivity index (χ0) is 21.1. The molecule has 0 saturated carbocycles. The molecule has 2 unspecified atom stereocenters. The molecule has 1 amide bonds. The number of carbonyl (C=O) groups excluding carboxylic acids is 2. The highest BCUT2D eigenvalue weighted by molar-refractivity contribution is 6.74. The van der Waals surface area contributed by atoms with Gasteiger partial charge in [0.1, 0.15) is 12.9 Å². The van der Waals surface area contributed by atoms with E-state index >= 15 is 0 Å². The van der Waals surface area contributed by atoms with Crippen molar-refractivity contribution in [3.8, 4) is 0 Å². The van der Waals surface area contributed by atoms with Crippen LogP contribution >= 0.6 is 0 Å². The summed E-state index contributed by atoms with van der Waals surface area (Å²) in [6.07, 6.45) is 0.435. The maximum Gasteiger partial charge on any atom is 0.410 e. The summed E-state index contributed by atoms with van der Waals surface area (Å²) in [5.41, 5.74) is 0.608. The minimum atomic E-state index is -2.01. The molecule has 1 aliphatic heterocycles. The van der Waals surface area contributed by atoms with Crippen molar-refractivity contribution < 1.29 is 23.7 Å². The molecule has 1 aromatic rings. The molecule has 154 valence electrons. The number of carbonyl (C=O) groups is 2. The Morgan fingerprint density at radius 2 is 1.93 bits per heavy atom. The summed E-state index contributed by atoms with van der Waals surface area (Å²) in [5, 5.41) is 10.7. The highest BCUT2D eigenvalue weighted by Crippen LogP contribution is 2.38. The fourth-order valence-corrected chi connectivity index (χ4v) is 4.14. The number of benzene rings is 1. The third-order valence-electron chi connectivity index (χ3n) is 5.47. The van der Waals surface area contributed by atoms with Gasteiger partial charge in [-0.1, -0.05) is 20.8 Å². The van der Waals surface area contributed by atoms with Crippen LogP contribution in [0.3, 0.4) is 0 Å². The Morgan fingerprint density at radius 1 is 1.32 bits per heavy atom. The summed E-state index contributed by atoms with van der Waals surface area (Å²) in [7, 11) is -2.01. The Balaban J connectivity index is 1.96. The monoisotopic (exact) mass is 408 g/mol.